The average molecular weight is 755 g/mol. The molecule has 0 N–H and O–H groups in total. The molecule has 276 valence electrons. The molecule has 0 aliphatic rings. The molecule has 3 aromatic heterocycles. The maximum Gasteiger partial charge on any atom is 0.160 e. The van der Waals surface area contributed by atoms with Gasteiger partial charge < -0.3 is 0 Å². The predicted molar refractivity (Wildman–Crippen MR) is 240 cm³/mol. The summed E-state index contributed by atoms with van der Waals surface area (Å²) in [7, 11) is 0. The van der Waals surface area contributed by atoms with E-state index in [0.29, 0.717) is 5.82 Å². The first kappa shape index (κ1) is 34.2. The molecule has 0 fully saturated rings. The van der Waals surface area contributed by atoms with Crippen LogP contribution in [0.15, 0.2) is 206 Å². The summed E-state index contributed by atoms with van der Waals surface area (Å²) >= 11 is 0. The van der Waals surface area contributed by atoms with E-state index in [2.05, 4.69) is 127 Å². The van der Waals surface area contributed by atoms with E-state index in [1.54, 1.807) is 4.80 Å². The van der Waals surface area contributed by atoms with E-state index in [1.807, 2.05) is 78.9 Å². The zero-order chi connectivity index (χ0) is 39.1. The first-order chi connectivity index (χ1) is 29.2. The topological polar surface area (TPSA) is 69.4 Å². The van der Waals surface area contributed by atoms with Crippen molar-refractivity contribution in [3.05, 3.63) is 206 Å². The van der Waals surface area contributed by atoms with Crippen molar-refractivity contribution in [3.63, 3.8) is 0 Å². The van der Waals surface area contributed by atoms with Crippen molar-refractivity contribution in [1.29, 1.82) is 0 Å². The summed E-state index contributed by atoms with van der Waals surface area (Å²) in [6.45, 7) is 0. The summed E-state index contributed by atoms with van der Waals surface area (Å²) in [5.41, 5.74) is 14.5. The second kappa shape index (κ2) is 14.4. The van der Waals surface area contributed by atoms with Crippen LogP contribution >= 0.6 is 0 Å². The standard InChI is InChI=1S/C53H34N6/c1-5-16-36(17-6-1)44-33-45-49(52-51(44)57-59(58-52)42-24-11-4-12-25-42)43-26-13-14-27-46(43)54-50(45)41-23-15-22-40(32-41)35-28-30-38(31-29-35)48-34-47(37-18-7-2-8-19-37)55-53(56-48)39-20-9-3-10-21-39/h1-34H. The second-order valence-corrected chi connectivity index (χ2v) is 14.6. The number of hydrogen-bond donors (Lipinski definition) is 0. The Kier molecular flexibility index (Phi) is 8.37. The molecule has 11 aromatic rings. The molecule has 6 heteroatoms. The third-order valence-electron chi connectivity index (χ3n) is 10.9. The van der Waals surface area contributed by atoms with Gasteiger partial charge in [-0.1, -0.05) is 170 Å². The Morgan fingerprint density at radius 2 is 0.881 bits per heavy atom. The van der Waals surface area contributed by atoms with E-state index >= 15 is 0 Å². The Bertz CT molecular complexity index is 3230. The largest absolute Gasteiger partial charge is 0.247 e. The zero-order valence-corrected chi connectivity index (χ0v) is 31.8. The van der Waals surface area contributed by atoms with Gasteiger partial charge in [-0.3, -0.25) is 0 Å². The van der Waals surface area contributed by atoms with Crippen LogP contribution in [0, 0.1) is 0 Å². The predicted octanol–water partition coefficient (Wildman–Crippen LogP) is 12.9. The van der Waals surface area contributed by atoms with E-state index in [-0.39, 0.29) is 0 Å². The van der Waals surface area contributed by atoms with E-state index in [0.717, 1.165) is 100.0 Å². The lowest BCUT2D eigenvalue weighted by Crippen LogP contribution is -1.97. The lowest BCUT2D eigenvalue weighted by atomic mass is 9.93. The van der Waals surface area contributed by atoms with Gasteiger partial charge in [-0.25, -0.2) is 15.0 Å². The summed E-state index contributed by atoms with van der Waals surface area (Å²) in [4.78, 5) is 17.1. The zero-order valence-electron chi connectivity index (χ0n) is 31.8. The van der Waals surface area contributed by atoms with Crippen LogP contribution in [0.2, 0.25) is 0 Å². The van der Waals surface area contributed by atoms with Crippen molar-refractivity contribution in [2.24, 2.45) is 0 Å². The highest BCUT2D eigenvalue weighted by atomic mass is 15.5. The molecule has 59 heavy (non-hydrogen) atoms. The Labute approximate surface area is 340 Å². The Balaban J connectivity index is 1.05. The number of aromatic nitrogens is 6. The van der Waals surface area contributed by atoms with Gasteiger partial charge in [0, 0.05) is 44.0 Å². The van der Waals surface area contributed by atoms with Gasteiger partial charge in [0.05, 0.1) is 28.3 Å². The lowest BCUT2D eigenvalue weighted by Gasteiger charge is -2.14. The fourth-order valence-electron chi connectivity index (χ4n) is 7.97. The smallest absolute Gasteiger partial charge is 0.160 e. The average Bonchev–Trinajstić information content (AvgIpc) is 3.78. The van der Waals surface area contributed by atoms with E-state index < -0.39 is 0 Å². The molecule has 0 spiro atoms. The van der Waals surface area contributed by atoms with Gasteiger partial charge in [-0.15, -0.1) is 10.2 Å². The van der Waals surface area contributed by atoms with Crippen LogP contribution in [0.25, 0.3) is 106 Å². The van der Waals surface area contributed by atoms with Crippen molar-refractivity contribution < 1.29 is 0 Å². The summed E-state index contributed by atoms with van der Waals surface area (Å²) in [5, 5.41) is 13.4. The molecule has 0 unspecified atom stereocenters. The Morgan fingerprint density at radius 3 is 1.59 bits per heavy atom. The number of benzene rings is 8. The molecular weight excluding hydrogens is 721 g/mol. The number of pyridine rings is 1. The third-order valence-corrected chi connectivity index (χ3v) is 10.9. The number of fused-ring (bicyclic) bond motifs is 5. The molecule has 8 aromatic carbocycles. The molecule has 0 saturated carbocycles. The Hall–Kier alpha value is -8.09. The van der Waals surface area contributed by atoms with Crippen molar-refractivity contribution in [2.75, 3.05) is 0 Å². The molecule has 3 heterocycles. The Morgan fingerprint density at radius 1 is 0.339 bits per heavy atom. The second-order valence-electron chi connectivity index (χ2n) is 14.6. The highest BCUT2D eigenvalue weighted by Crippen LogP contribution is 2.41. The summed E-state index contributed by atoms with van der Waals surface area (Å²) < 4.78 is 0. The van der Waals surface area contributed by atoms with Crippen LogP contribution in [0.5, 0.6) is 0 Å². The number of hydrogen-bond acceptors (Lipinski definition) is 5. The minimum Gasteiger partial charge on any atom is -0.247 e. The van der Waals surface area contributed by atoms with Gasteiger partial charge in [0.15, 0.2) is 5.82 Å². The first-order valence-corrected chi connectivity index (χ1v) is 19.7. The minimum atomic E-state index is 0.698. The van der Waals surface area contributed by atoms with Crippen molar-refractivity contribution in [3.8, 4) is 73.1 Å². The van der Waals surface area contributed by atoms with Gasteiger partial charge in [0.25, 0.3) is 0 Å². The molecule has 0 aliphatic carbocycles. The maximum absolute atomic E-state index is 5.37. The quantitative estimate of drug-likeness (QED) is 0.152. The molecule has 11 rings (SSSR count). The number of para-hydroxylation sites is 2. The molecule has 0 aliphatic heterocycles. The SMILES string of the molecule is c1ccc(-c2cc(-c3ccc(-c4cccc(-c5nc6ccccc6c6c5cc(-c5ccccc5)c5nn(-c7ccccc7)nc56)c4)cc3)nc(-c3ccccc3)n2)cc1. The summed E-state index contributed by atoms with van der Waals surface area (Å²) in [5.74, 6) is 0.698. The molecule has 0 saturated heterocycles. The van der Waals surface area contributed by atoms with E-state index in [9.17, 15) is 0 Å². The highest BCUT2D eigenvalue weighted by Gasteiger charge is 2.21. The monoisotopic (exact) mass is 754 g/mol. The van der Waals surface area contributed by atoms with Crippen LogP contribution in [-0.4, -0.2) is 29.9 Å². The maximum atomic E-state index is 5.37. The molecule has 6 nitrogen and oxygen atoms in total. The van der Waals surface area contributed by atoms with Gasteiger partial charge in [0.1, 0.15) is 11.0 Å². The van der Waals surface area contributed by atoms with Gasteiger partial charge >= 0.3 is 0 Å². The van der Waals surface area contributed by atoms with E-state index in [1.165, 1.54) is 0 Å². The van der Waals surface area contributed by atoms with E-state index in [4.69, 9.17) is 25.1 Å². The van der Waals surface area contributed by atoms with Crippen molar-refractivity contribution >= 4 is 32.7 Å². The van der Waals surface area contributed by atoms with Gasteiger partial charge in [0.2, 0.25) is 0 Å². The van der Waals surface area contributed by atoms with Crippen LogP contribution < -0.4 is 0 Å². The molecule has 0 atom stereocenters. The lowest BCUT2D eigenvalue weighted by molar-refractivity contribution is 0.766. The molecular formula is C53H34N6. The van der Waals surface area contributed by atoms with Crippen molar-refractivity contribution in [2.45, 2.75) is 0 Å². The van der Waals surface area contributed by atoms with Crippen molar-refractivity contribution in [1.82, 2.24) is 29.9 Å². The normalized spacial score (nSPS) is 11.4. The van der Waals surface area contributed by atoms with Crippen LogP contribution in [0.4, 0.5) is 0 Å². The fraction of sp³-hybridized carbons (Fsp3) is 0. The highest BCUT2D eigenvalue weighted by molar-refractivity contribution is 6.23. The molecule has 0 bridgehead atoms. The third kappa shape index (κ3) is 6.29. The first-order valence-electron chi connectivity index (χ1n) is 19.7. The van der Waals surface area contributed by atoms with Gasteiger partial charge in [-0.05, 0) is 53.1 Å². The number of rotatable bonds is 7. The van der Waals surface area contributed by atoms with Crippen LogP contribution in [0.3, 0.4) is 0 Å². The van der Waals surface area contributed by atoms with Crippen LogP contribution in [0.1, 0.15) is 0 Å². The number of nitrogens with zero attached hydrogens (tertiary/aromatic N) is 6. The fourth-order valence-corrected chi connectivity index (χ4v) is 7.97. The summed E-state index contributed by atoms with van der Waals surface area (Å²) in [6, 6.07) is 70.9. The minimum absolute atomic E-state index is 0.698. The summed E-state index contributed by atoms with van der Waals surface area (Å²) in [6.07, 6.45) is 0. The van der Waals surface area contributed by atoms with Gasteiger partial charge in [-0.2, -0.15) is 4.80 Å². The molecule has 0 amide bonds. The molecule has 0 radical (unpaired) electrons. The van der Waals surface area contributed by atoms with Crippen LogP contribution in [-0.2, 0) is 0 Å².